The van der Waals surface area contributed by atoms with E-state index in [1.165, 1.54) is 6.20 Å². The van der Waals surface area contributed by atoms with Crippen LogP contribution in [0.1, 0.15) is 10.4 Å². The van der Waals surface area contributed by atoms with Gasteiger partial charge in [-0.3, -0.25) is 9.78 Å². The number of carbonyl (C=O) groups excluding carboxylic acids is 1. The largest absolute Gasteiger partial charge is 0.338 e. The van der Waals surface area contributed by atoms with Crippen LogP contribution in [-0.4, -0.2) is 21.1 Å². The smallest absolute Gasteiger partial charge is 0.258 e. The SMILES string of the molecule is O=C(Nc1ccc(Nc2ccccc2Br)nn1)c1cccnc1. The van der Waals surface area contributed by atoms with Gasteiger partial charge in [0.25, 0.3) is 5.91 Å². The van der Waals surface area contributed by atoms with Crippen molar-refractivity contribution in [1.29, 1.82) is 0 Å². The van der Waals surface area contributed by atoms with Crippen molar-refractivity contribution in [2.75, 3.05) is 10.6 Å². The number of amides is 1. The molecular weight excluding hydrogens is 358 g/mol. The van der Waals surface area contributed by atoms with E-state index in [4.69, 9.17) is 0 Å². The van der Waals surface area contributed by atoms with Crippen molar-refractivity contribution < 1.29 is 4.79 Å². The minimum Gasteiger partial charge on any atom is -0.338 e. The highest BCUT2D eigenvalue weighted by Gasteiger charge is 2.07. The molecule has 2 N–H and O–H groups in total. The van der Waals surface area contributed by atoms with Gasteiger partial charge in [0.15, 0.2) is 11.6 Å². The van der Waals surface area contributed by atoms with Crippen molar-refractivity contribution in [3.05, 3.63) is 71.0 Å². The molecule has 0 radical (unpaired) electrons. The maximum atomic E-state index is 12.0. The summed E-state index contributed by atoms with van der Waals surface area (Å²) in [6.45, 7) is 0. The Labute approximate surface area is 141 Å². The van der Waals surface area contributed by atoms with Crippen molar-refractivity contribution in [2.45, 2.75) is 0 Å². The van der Waals surface area contributed by atoms with Gasteiger partial charge in [0.1, 0.15) is 0 Å². The normalized spacial score (nSPS) is 10.1. The van der Waals surface area contributed by atoms with Crippen molar-refractivity contribution in [3.63, 3.8) is 0 Å². The molecule has 0 unspecified atom stereocenters. The number of halogens is 1. The molecule has 0 spiro atoms. The molecule has 2 heterocycles. The fraction of sp³-hybridized carbons (Fsp3) is 0. The summed E-state index contributed by atoms with van der Waals surface area (Å²) in [4.78, 5) is 15.9. The highest BCUT2D eigenvalue weighted by Crippen LogP contribution is 2.24. The maximum absolute atomic E-state index is 12.0. The first kappa shape index (κ1) is 15.1. The Hall–Kier alpha value is -2.80. The van der Waals surface area contributed by atoms with Crippen LogP contribution < -0.4 is 10.6 Å². The first-order valence-electron chi connectivity index (χ1n) is 6.79. The Morgan fingerprint density at radius 3 is 2.43 bits per heavy atom. The van der Waals surface area contributed by atoms with Crippen LogP contribution in [0.3, 0.4) is 0 Å². The van der Waals surface area contributed by atoms with Crippen molar-refractivity contribution in [3.8, 4) is 0 Å². The lowest BCUT2D eigenvalue weighted by atomic mass is 10.3. The molecule has 0 atom stereocenters. The van der Waals surface area contributed by atoms with Gasteiger partial charge in [-0.15, -0.1) is 10.2 Å². The molecule has 0 fully saturated rings. The van der Waals surface area contributed by atoms with Gasteiger partial charge in [-0.2, -0.15) is 0 Å². The van der Waals surface area contributed by atoms with Gasteiger partial charge in [0.05, 0.1) is 11.3 Å². The summed E-state index contributed by atoms with van der Waals surface area (Å²) in [6.07, 6.45) is 3.10. The molecule has 114 valence electrons. The van der Waals surface area contributed by atoms with E-state index in [9.17, 15) is 4.79 Å². The van der Waals surface area contributed by atoms with E-state index in [2.05, 4.69) is 41.7 Å². The predicted molar refractivity (Wildman–Crippen MR) is 91.6 cm³/mol. The number of rotatable bonds is 4. The number of hydrogen-bond donors (Lipinski definition) is 2. The third kappa shape index (κ3) is 3.89. The van der Waals surface area contributed by atoms with Crippen molar-refractivity contribution in [2.24, 2.45) is 0 Å². The van der Waals surface area contributed by atoms with E-state index in [1.807, 2.05) is 24.3 Å². The molecule has 0 aliphatic carbocycles. The first-order valence-corrected chi connectivity index (χ1v) is 7.58. The molecule has 0 aliphatic rings. The molecule has 1 aromatic carbocycles. The van der Waals surface area contributed by atoms with Gasteiger partial charge < -0.3 is 10.6 Å². The molecule has 23 heavy (non-hydrogen) atoms. The predicted octanol–water partition coefficient (Wildman–Crippen LogP) is 3.63. The van der Waals surface area contributed by atoms with Gasteiger partial charge in [0, 0.05) is 16.9 Å². The number of benzene rings is 1. The van der Waals surface area contributed by atoms with Crippen LogP contribution in [0.2, 0.25) is 0 Å². The van der Waals surface area contributed by atoms with E-state index in [1.54, 1.807) is 30.5 Å². The lowest BCUT2D eigenvalue weighted by Crippen LogP contribution is -2.13. The minimum absolute atomic E-state index is 0.279. The van der Waals surface area contributed by atoms with E-state index in [-0.39, 0.29) is 5.91 Å². The van der Waals surface area contributed by atoms with Crippen LogP contribution in [0.25, 0.3) is 0 Å². The molecule has 3 rings (SSSR count). The van der Waals surface area contributed by atoms with Gasteiger partial charge in [-0.1, -0.05) is 12.1 Å². The fourth-order valence-corrected chi connectivity index (χ4v) is 2.24. The van der Waals surface area contributed by atoms with Crippen LogP contribution in [0.5, 0.6) is 0 Å². The van der Waals surface area contributed by atoms with Crippen LogP contribution >= 0.6 is 15.9 Å². The van der Waals surface area contributed by atoms with E-state index < -0.39 is 0 Å². The van der Waals surface area contributed by atoms with Gasteiger partial charge in [0.2, 0.25) is 0 Å². The number of hydrogen-bond acceptors (Lipinski definition) is 5. The standard InChI is InChI=1S/C16H12BrN5O/c17-12-5-1-2-6-13(12)19-14-7-8-15(22-21-14)20-16(23)11-4-3-9-18-10-11/h1-10H,(H,19,21)(H,20,22,23). The van der Waals surface area contributed by atoms with Gasteiger partial charge in [-0.25, -0.2) is 0 Å². The number of para-hydroxylation sites is 1. The van der Waals surface area contributed by atoms with Crippen LogP contribution in [0, 0.1) is 0 Å². The quantitative estimate of drug-likeness (QED) is 0.733. The summed E-state index contributed by atoms with van der Waals surface area (Å²) in [6, 6.07) is 14.5. The third-order valence-electron chi connectivity index (χ3n) is 2.97. The maximum Gasteiger partial charge on any atom is 0.258 e. The topological polar surface area (TPSA) is 79.8 Å². The first-order chi connectivity index (χ1) is 11.2. The summed E-state index contributed by atoms with van der Waals surface area (Å²) in [5.74, 6) is 0.673. The molecule has 7 heteroatoms. The molecule has 0 bridgehead atoms. The second-order valence-corrected chi connectivity index (χ2v) is 5.46. The second-order valence-electron chi connectivity index (χ2n) is 4.60. The number of carbonyl (C=O) groups is 1. The van der Waals surface area contributed by atoms with E-state index in [0.29, 0.717) is 17.2 Å². The molecule has 2 aromatic heterocycles. The summed E-state index contributed by atoms with van der Waals surface area (Å²) < 4.78 is 0.927. The zero-order valence-corrected chi connectivity index (χ0v) is 13.5. The summed E-state index contributed by atoms with van der Waals surface area (Å²) >= 11 is 3.45. The molecule has 0 saturated heterocycles. The zero-order valence-electron chi connectivity index (χ0n) is 11.9. The highest BCUT2D eigenvalue weighted by atomic mass is 79.9. The minimum atomic E-state index is -0.279. The molecular formula is C16H12BrN5O. The zero-order chi connectivity index (χ0) is 16.1. The Morgan fingerprint density at radius 2 is 1.74 bits per heavy atom. The summed E-state index contributed by atoms with van der Waals surface area (Å²) in [5, 5.41) is 13.9. The number of pyridine rings is 1. The Balaban J connectivity index is 1.68. The summed E-state index contributed by atoms with van der Waals surface area (Å²) in [7, 11) is 0. The third-order valence-corrected chi connectivity index (χ3v) is 3.66. The van der Waals surface area contributed by atoms with Gasteiger partial charge in [-0.05, 0) is 52.3 Å². The average Bonchev–Trinajstić information content (AvgIpc) is 2.59. The Morgan fingerprint density at radius 1 is 0.957 bits per heavy atom. The Kier molecular flexibility index (Phi) is 4.58. The van der Waals surface area contributed by atoms with Crippen LogP contribution in [0.4, 0.5) is 17.3 Å². The monoisotopic (exact) mass is 369 g/mol. The number of anilines is 3. The van der Waals surface area contributed by atoms with Crippen molar-refractivity contribution >= 4 is 39.2 Å². The molecule has 0 aliphatic heterocycles. The molecule has 3 aromatic rings. The molecule has 0 saturated carbocycles. The fourth-order valence-electron chi connectivity index (χ4n) is 1.85. The van der Waals surface area contributed by atoms with Crippen LogP contribution in [-0.2, 0) is 0 Å². The number of aromatic nitrogens is 3. The van der Waals surface area contributed by atoms with Crippen molar-refractivity contribution in [1.82, 2.24) is 15.2 Å². The van der Waals surface area contributed by atoms with Crippen LogP contribution in [0.15, 0.2) is 65.4 Å². The van der Waals surface area contributed by atoms with E-state index in [0.717, 1.165) is 10.2 Å². The highest BCUT2D eigenvalue weighted by molar-refractivity contribution is 9.10. The second kappa shape index (κ2) is 6.97. The lowest BCUT2D eigenvalue weighted by Gasteiger charge is -2.08. The molecule has 1 amide bonds. The summed E-state index contributed by atoms with van der Waals surface area (Å²) in [5.41, 5.74) is 1.35. The Bertz CT molecular complexity index is 808. The number of nitrogens with zero attached hydrogens (tertiary/aromatic N) is 3. The average molecular weight is 370 g/mol. The molecule has 6 nitrogen and oxygen atoms in total. The van der Waals surface area contributed by atoms with Gasteiger partial charge >= 0.3 is 0 Å². The number of nitrogens with one attached hydrogen (secondary N) is 2. The lowest BCUT2D eigenvalue weighted by molar-refractivity contribution is 0.102. The van der Waals surface area contributed by atoms with E-state index >= 15 is 0 Å².